The van der Waals surface area contributed by atoms with Crippen molar-refractivity contribution in [2.24, 2.45) is 0 Å². The molecule has 0 unspecified atom stereocenters. The van der Waals surface area contributed by atoms with E-state index in [0.29, 0.717) is 11.2 Å². The number of hydrogen-bond acceptors (Lipinski definition) is 5. The molecule has 0 bridgehead atoms. The zero-order valence-corrected chi connectivity index (χ0v) is 16.2. The highest BCUT2D eigenvalue weighted by Gasteiger charge is 2.32. The highest BCUT2D eigenvalue weighted by molar-refractivity contribution is 9.10. The number of amides is 2. The first-order chi connectivity index (χ1) is 12.6. The molecule has 1 aliphatic heterocycles. The molecular weight excluding hydrogens is 418 g/mol. The maximum atomic E-state index is 12.6. The molecule has 0 saturated carbocycles. The monoisotopic (exact) mass is 433 g/mol. The van der Waals surface area contributed by atoms with Gasteiger partial charge in [0.25, 0.3) is 5.91 Å². The number of thiazole rings is 1. The van der Waals surface area contributed by atoms with Gasteiger partial charge < -0.3 is 14.6 Å². The van der Waals surface area contributed by atoms with E-state index in [-0.39, 0.29) is 24.3 Å². The van der Waals surface area contributed by atoms with E-state index in [1.807, 2.05) is 29.2 Å². The summed E-state index contributed by atoms with van der Waals surface area (Å²) in [5.41, 5.74) is 0.962. The van der Waals surface area contributed by atoms with Crippen LogP contribution in [0.3, 0.4) is 0 Å². The van der Waals surface area contributed by atoms with Crippen LogP contribution in [0.15, 0.2) is 45.5 Å². The average molecular weight is 434 g/mol. The van der Waals surface area contributed by atoms with Gasteiger partial charge in [0.15, 0.2) is 10.4 Å². The lowest BCUT2D eigenvalue weighted by Crippen LogP contribution is -2.39. The van der Waals surface area contributed by atoms with Gasteiger partial charge in [0.05, 0.1) is 22.8 Å². The van der Waals surface area contributed by atoms with Gasteiger partial charge in [-0.05, 0) is 53.0 Å². The van der Waals surface area contributed by atoms with Crippen molar-refractivity contribution in [3.8, 4) is 0 Å². The molecule has 1 atom stereocenters. The number of fused-ring (bicyclic) bond motifs is 1. The molecular formula is C18H16BrN3O3S. The minimum Gasteiger partial charge on any atom is -0.444 e. The Morgan fingerprint density at radius 1 is 1.31 bits per heavy atom. The third-order valence-corrected chi connectivity index (χ3v) is 5.93. The molecule has 4 rings (SSSR count). The number of furan rings is 1. The molecule has 2 aromatic heterocycles. The van der Waals surface area contributed by atoms with Crippen LogP contribution >= 0.6 is 27.3 Å². The van der Waals surface area contributed by atoms with Gasteiger partial charge in [-0.25, -0.2) is 4.98 Å². The summed E-state index contributed by atoms with van der Waals surface area (Å²) in [5.74, 6) is -0.334. The fraction of sp³-hybridized carbons (Fsp3) is 0.278. The molecule has 1 aliphatic rings. The number of rotatable bonds is 4. The number of likely N-dealkylation sites (tertiary alicyclic amines) is 1. The molecule has 3 heterocycles. The summed E-state index contributed by atoms with van der Waals surface area (Å²) in [4.78, 5) is 31.2. The number of aromatic nitrogens is 1. The van der Waals surface area contributed by atoms with Crippen molar-refractivity contribution >= 4 is 49.3 Å². The highest BCUT2D eigenvalue weighted by atomic mass is 79.9. The highest BCUT2D eigenvalue weighted by Crippen LogP contribution is 2.36. The lowest BCUT2D eigenvalue weighted by molar-refractivity contribution is -0.131. The van der Waals surface area contributed by atoms with Crippen molar-refractivity contribution in [2.75, 3.05) is 13.1 Å². The van der Waals surface area contributed by atoms with Crippen molar-refractivity contribution in [2.45, 2.75) is 18.9 Å². The number of carbonyl (C=O) groups excluding carboxylic acids is 2. The number of nitrogens with one attached hydrogen (secondary N) is 1. The zero-order chi connectivity index (χ0) is 18.1. The summed E-state index contributed by atoms with van der Waals surface area (Å²) < 4.78 is 6.80. The lowest BCUT2D eigenvalue weighted by atomic mass is 10.2. The smallest absolute Gasteiger partial charge is 0.287 e. The van der Waals surface area contributed by atoms with Crippen LogP contribution in [0.25, 0.3) is 10.2 Å². The van der Waals surface area contributed by atoms with E-state index >= 15 is 0 Å². The van der Waals surface area contributed by atoms with Gasteiger partial charge in [-0.15, -0.1) is 11.3 Å². The van der Waals surface area contributed by atoms with Crippen LogP contribution in [0.4, 0.5) is 0 Å². The topological polar surface area (TPSA) is 75.4 Å². The molecule has 1 fully saturated rings. The van der Waals surface area contributed by atoms with E-state index in [9.17, 15) is 9.59 Å². The fourth-order valence-corrected chi connectivity index (χ4v) is 4.56. The van der Waals surface area contributed by atoms with E-state index in [1.165, 1.54) is 0 Å². The van der Waals surface area contributed by atoms with Gasteiger partial charge in [0, 0.05) is 6.54 Å². The van der Waals surface area contributed by atoms with Crippen molar-refractivity contribution in [3.05, 3.63) is 51.8 Å². The van der Waals surface area contributed by atoms with Crippen molar-refractivity contribution in [3.63, 3.8) is 0 Å². The molecule has 0 radical (unpaired) electrons. The Labute approximate surface area is 162 Å². The minimum atomic E-state index is -0.403. The van der Waals surface area contributed by atoms with Crippen LogP contribution in [0.2, 0.25) is 0 Å². The third kappa shape index (κ3) is 3.39. The predicted octanol–water partition coefficient (Wildman–Crippen LogP) is 3.75. The number of para-hydroxylation sites is 1. The Morgan fingerprint density at radius 3 is 2.92 bits per heavy atom. The first-order valence-corrected chi connectivity index (χ1v) is 9.91. The van der Waals surface area contributed by atoms with E-state index in [1.54, 1.807) is 23.5 Å². The van der Waals surface area contributed by atoms with E-state index in [0.717, 1.165) is 28.1 Å². The minimum absolute atomic E-state index is 0.0189. The number of hydrogen-bond donors (Lipinski definition) is 1. The third-order valence-electron chi connectivity index (χ3n) is 4.37. The molecule has 8 heteroatoms. The molecule has 0 aliphatic carbocycles. The van der Waals surface area contributed by atoms with Gasteiger partial charge >= 0.3 is 0 Å². The van der Waals surface area contributed by atoms with Crippen LogP contribution in [0, 0.1) is 0 Å². The summed E-state index contributed by atoms with van der Waals surface area (Å²) >= 11 is 4.78. The molecule has 1 aromatic carbocycles. The second-order valence-electron chi connectivity index (χ2n) is 6.05. The Morgan fingerprint density at radius 2 is 2.15 bits per heavy atom. The average Bonchev–Trinajstić information content (AvgIpc) is 3.36. The maximum absolute atomic E-state index is 12.6. The molecule has 6 nitrogen and oxygen atoms in total. The number of halogens is 1. The summed E-state index contributed by atoms with van der Waals surface area (Å²) in [6, 6.07) is 11.2. The number of carbonyl (C=O) groups is 2. The standard InChI is InChI=1S/C18H16BrN3O3S/c19-15-8-7-13(25-15)17(24)20-10-16(23)22-9-3-5-12(22)18-21-11-4-1-2-6-14(11)26-18/h1-2,4,6-8,12H,3,5,9-10H2,(H,20,24)/t12-/m0/s1. The first-order valence-electron chi connectivity index (χ1n) is 8.30. The van der Waals surface area contributed by atoms with Crippen molar-refractivity contribution in [1.82, 2.24) is 15.2 Å². The summed E-state index contributed by atoms with van der Waals surface area (Å²) in [6.45, 7) is 0.625. The molecule has 26 heavy (non-hydrogen) atoms. The molecule has 0 spiro atoms. The Bertz CT molecular complexity index is 934. The Kier molecular flexibility index (Phi) is 4.78. The molecule has 1 N–H and O–H groups in total. The molecule has 1 saturated heterocycles. The molecule has 2 amide bonds. The van der Waals surface area contributed by atoms with Gasteiger partial charge in [-0.3, -0.25) is 9.59 Å². The number of nitrogens with zero attached hydrogens (tertiary/aromatic N) is 2. The zero-order valence-electron chi connectivity index (χ0n) is 13.8. The summed E-state index contributed by atoms with van der Waals surface area (Å²) in [5, 5.41) is 3.58. The van der Waals surface area contributed by atoms with E-state index in [4.69, 9.17) is 9.40 Å². The van der Waals surface area contributed by atoms with Crippen LogP contribution in [-0.2, 0) is 4.79 Å². The SMILES string of the molecule is O=C(NCC(=O)N1CCC[C@H]1c1nc2ccccc2s1)c1ccc(Br)o1. The van der Waals surface area contributed by atoms with Crippen LogP contribution < -0.4 is 5.32 Å². The Balaban J connectivity index is 1.44. The van der Waals surface area contributed by atoms with E-state index < -0.39 is 5.91 Å². The largest absolute Gasteiger partial charge is 0.444 e. The summed E-state index contributed by atoms with van der Waals surface area (Å²) in [6.07, 6.45) is 1.83. The quantitative estimate of drug-likeness (QED) is 0.679. The second kappa shape index (κ2) is 7.20. The van der Waals surface area contributed by atoms with E-state index in [2.05, 4.69) is 21.2 Å². The second-order valence-corrected chi connectivity index (χ2v) is 7.90. The van der Waals surface area contributed by atoms with Crippen LogP contribution in [-0.4, -0.2) is 34.8 Å². The van der Waals surface area contributed by atoms with Crippen LogP contribution in [0.5, 0.6) is 0 Å². The van der Waals surface area contributed by atoms with Crippen molar-refractivity contribution in [1.29, 1.82) is 0 Å². The van der Waals surface area contributed by atoms with Gasteiger partial charge in [-0.1, -0.05) is 12.1 Å². The maximum Gasteiger partial charge on any atom is 0.287 e. The first kappa shape index (κ1) is 17.2. The van der Waals surface area contributed by atoms with Crippen LogP contribution in [0.1, 0.15) is 34.4 Å². The van der Waals surface area contributed by atoms with Crippen molar-refractivity contribution < 1.29 is 14.0 Å². The van der Waals surface area contributed by atoms with Gasteiger partial charge in [-0.2, -0.15) is 0 Å². The predicted molar refractivity (Wildman–Crippen MR) is 102 cm³/mol. The lowest BCUT2D eigenvalue weighted by Gasteiger charge is -2.23. The molecule has 3 aromatic rings. The van der Waals surface area contributed by atoms with Gasteiger partial charge in [0.1, 0.15) is 5.01 Å². The van der Waals surface area contributed by atoms with Gasteiger partial charge in [0.2, 0.25) is 5.91 Å². The number of benzene rings is 1. The molecule has 134 valence electrons. The normalized spacial score (nSPS) is 17.0. The summed E-state index contributed by atoms with van der Waals surface area (Å²) in [7, 11) is 0. The Hall–Kier alpha value is -2.19. The fourth-order valence-electron chi connectivity index (χ4n) is 3.14.